The lowest BCUT2D eigenvalue weighted by atomic mass is 9.97. The summed E-state index contributed by atoms with van der Waals surface area (Å²) in [5.41, 5.74) is 3.73. The zero-order valence-electron chi connectivity index (χ0n) is 9.71. The minimum absolute atomic E-state index is 0.764. The SMILES string of the molecule is CCCc1cc(Cl)ccc1-c1ccc(Cl)cc1. The average molecular weight is 265 g/mol. The van der Waals surface area contributed by atoms with Crippen molar-refractivity contribution in [3.8, 4) is 11.1 Å². The summed E-state index contributed by atoms with van der Waals surface area (Å²) < 4.78 is 0. The first-order valence-corrected chi connectivity index (χ1v) is 6.50. The van der Waals surface area contributed by atoms with Crippen molar-refractivity contribution in [3.63, 3.8) is 0 Å². The lowest BCUT2D eigenvalue weighted by Crippen LogP contribution is -1.89. The standard InChI is InChI=1S/C15H14Cl2/c1-2-3-12-10-14(17)8-9-15(12)11-4-6-13(16)7-5-11/h4-10H,2-3H2,1H3. The van der Waals surface area contributed by atoms with Crippen LogP contribution < -0.4 is 0 Å². The third-order valence-electron chi connectivity index (χ3n) is 2.74. The maximum absolute atomic E-state index is 6.04. The molecule has 2 aromatic rings. The van der Waals surface area contributed by atoms with Gasteiger partial charge in [-0.3, -0.25) is 0 Å². The summed E-state index contributed by atoms with van der Waals surface area (Å²) >= 11 is 11.9. The Balaban J connectivity index is 2.46. The highest BCUT2D eigenvalue weighted by Crippen LogP contribution is 2.28. The van der Waals surface area contributed by atoms with Crippen LogP contribution in [0, 0.1) is 0 Å². The third-order valence-corrected chi connectivity index (χ3v) is 3.23. The molecular weight excluding hydrogens is 251 g/mol. The average Bonchev–Trinajstić information content (AvgIpc) is 2.31. The van der Waals surface area contributed by atoms with Crippen LogP contribution in [0.4, 0.5) is 0 Å². The lowest BCUT2D eigenvalue weighted by molar-refractivity contribution is 0.924. The molecule has 0 aliphatic rings. The van der Waals surface area contributed by atoms with Gasteiger partial charge in [-0.25, -0.2) is 0 Å². The molecule has 0 aromatic heterocycles. The van der Waals surface area contributed by atoms with Crippen molar-refractivity contribution in [2.24, 2.45) is 0 Å². The molecule has 0 aliphatic carbocycles. The monoisotopic (exact) mass is 264 g/mol. The van der Waals surface area contributed by atoms with Gasteiger partial charge in [0, 0.05) is 10.0 Å². The van der Waals surface area contributed by atoms with E-state index in [2.05, 4.69) is 19.1 Å². The van der Waals surface area contributed by atoms with Gasteiger partial charge in [0.2, 0.25) is 0 Å². The Kier molecular flexibility index (Phi) is 4.09. The molecule has 88 valence electrons. The van der Waals surface area contributed by atoms with Crippen LogP contribution in [0.2, 0.25) is 10.0 Å². The van der Waals surface area contributed by atoms with Crippen LogP contribution in [0.3, 0.4) is 0 Å². The number of benzene rings is 2. The van der Waals surface area contributed by atoms with E-state index in [1.54, 1.807) is 0 Å². The fourth-order valence-electron chi connectivity index (χ4n) is 1.95. The van der Waals surface area contributed by atoms with Gasteiger partial charge in [-0.05, 0) is 47.4 Å². The second-order valence-corrected chi connectivity index (χ2v) is 4.93. The molecule has 0 radical (unpaired) electrons. The molecule has 17 heavy (non-hydrogen) atoms. The summed E-state index contributed by atoms with van der Waals surface area (Å²) in [6.07, 6.45) is 2.15. The van der Waals surface area contributed by atoms with Crippen LogP contribution in [0.15, 0.2) is 42.5 Å². The van der Waals surface area contributed by atoms with Crippen molar-refractivity contribution in [3.05, 3.63) is 58.1 Å². The van der Waals surface area contributed by atoms with Crippen LogP contribution in [0.1, 0.15) is 18.9 Å². The molecule has 0 amide bonds. The van der Waals surface area contributed by atoms with E-state index in [1.807, 2.05) is 30.3 Å². The van der Waals surface area contributed by atoms with Crippen LogP contribution in [0.25, 0.3) is 11.1 Å². The van der Waals surface area contributed by atoms with E-state index in [4.69, 9.17) is 23.2 Å². The molecule has 0 saturated carbocycles. The van der Waals surface area contributed by atoms with Gasteiger partial charge >= 0.3 is 0 Å². The molecule has 0 bridgehead atoms. The van der Waals surface area contributed by atoms with Crippen molar-refractivity contribution in [1.29, 1.82) is 0 Å². The van der Waals surface area contributed by atoms with Crippen LogP contribution in [-0.2, 0) is 6.42 Å². The molecular formula is C15H14Cl2. The van der Waals surface area contributed by atoms with Gasteiger partial charge in [-0.2, -0.15) is 0 Å². The second kappa shape index (κ2) is 5.57. The molecule has 0 aliphatic heterocycles. The fourth-order valence-corrected chi connectivity index (χ4v) is 2.27. The van der Waals surface area contributed by atoms with Crippen molar-refractivity contribution < 1.29 is 0 Å². The molecule has 0 N–H and O–H groups in total. The quantitative estimate of drug-likeness (QED) is 0.676. The first kappa shape index (κ1) is 12.5. The van der Waals surface area contributed by atoms with Crippen molar-refractivity contribution in [1.82, 2.24) is 0 Å². The Morgan fingerprint density at radius 1 is 0.882 bits per heavy atom. The normalized spacial score (nSPS) is 10.5. The maximum Gasteiger partial charge on any atom is 0.0409 e. The third kappa shape index (κ3) is 3.02. The Morgan fingerprint density at radius 3 is 2.18 bits per heavy atom. The molecule has 2 heteroatoms. The van der Waals surface area contributed by atoms with E-state index in [0.717, 1.165) is 22.9 Å². The topological polar surface area (TPSA) is 0 Å². The highest BCUT2D eigenvalue weighted by atomic mass is 35.5. The first-order valence-electron chi connectivity index (χ1n) is 5.75. The molecule has 0 unspecified atom stereocenters. The van der Waals surface area contributed by atoms with E-state index in [9.17, 15) is 0 Å². The minimum Gasteiger partial charge on any atom is -0.0843 e. The summed E-state index contributed by atoms with van der Waals surface area (Å²) in [7, 11) is 0. The Morgan fingerprint density at radius 2 is 1.53 bits per heavy atom. The van der Waals surface area contributed by atoms with Gasteiger partial charge in [0.05, 0.1) is 0 Å². The van der Waals surface area contributed by atoms with Gasteiger partial charge in [-0.1, -0.05) is 54.7 Å². The minimum atomic E-state index is 0.764. The van der Waals surface area contributed by atoms with Crippen LogP contribution in [-0.4, -0.2) is 0 Å². The molecule has 0 heterocycles. The van der Waals surface area contributed by atoms with E-state index in [1.165, 1.54) is 16.7 Å². The van der Waals surface area contributed by atoms with E-state index in [0.29, 0.717) is 0 Å². The first-order chi connectivity index (χ1) is 8.20. The predicted molar refractivity (Wildman–Crippen MR) is 75.9 cm³/mol. The summed E-state index contributed by atoms with van der Waals surface area (Å²) in [5.74, 6) is 0. The number of hydrogen-bond acceptors (Lipinski definition) is 0. The molecule has 2 aromatic carbocycles. The van der Waals surface area contributed by atoms with Gasteiger partial charge in [-0.15, -0.1) is 0 Å². The Hall–Kier alpha value is -0.980. The Bertz CT molecular complexity index is 501. The summed E-state index contributed by atoms with van der Waals surface area (Å²) in [5, 5.41) is 1.56. The number of hydrogen-bond donors (Lipinski definition) is 0. The van der Waals surface area contributed by atoms with Crippen molar-refractivity contribution in [2.75, 3.05) is 0 Å². The van der Waals surface area contributed by atoms with Gasteiger partial charge < -0.3 is 0 Å². The van der Waals surface area contributed by atoms with Gasteiger partial charge in [0.15, 0.2) is 0 Å². The van der Waals surface area contributed by atoms with E-state index < -0.39 is 0 Å². The number of rotatable bonds is 3. The number of aryl methyl sites for hydroxylation is 1. The Labute approximate surface area is 112 Å². The molecule has 0 nitrogen and oxygen atoms in total. The van der Waals surface area contributed by atoms with E-state index >= 15 is 0 Å². The highest BCUT2D eigenvalue weighted by Gasteiger charge is 2.05. The summed E-state index contributed by atoms with van der Waals surface area (Å²) in [6, 6.07) is 14.0. The summed E-state index contributed by atoms with van der Waals surface area (Å²) in [6.45, 7) is 2.17. The second-order valence-electron chi connectivity index (χ2n) is 4.06. The largest absolute Gasteiger partial charge is 0.0843 e. The molecule has 0 saturated heterocycles. The molecule has 0 fully saturated rings. The summed E-state index contributed by atoms with van der Waals surface area (Å²) in [4.78, 5) is 0. The van der Waals surface area contributed by atoms with E-state index in [-0.39, 0.29) is 0 Å². The molecule has 0 atom stereocenters. The molecule has 0 spiro atoms. The smallest absolute Gasteiger partial charge is 0.0409 e. The molecule has 2 rings (SSSR count). The zero-order chi connectivity index (χ0) is 12.3. The zero-order valence-corrected chi connectivity index (χ0v) is 11.2. The van der Waals surface area contributed by atoms with Crippen LogP contribution >= 0.6 is 23.2 Å². The predicted octanol–water partition coefficient (Wildman–Crippen LogP) is 5.61. The number of halogens is 2. The van der Waals surface area contributed by atoms with Gasteiger partial charge in [0.1, 0.15) is 0 Å². The van der Waals surface area contributed by atoms with Gasteiger partial charge in [0.25, 0.3) is 0 Å². The van der Waals surface area contributed by atoms with Crippen LogP contribution in [0.5, 0.6) is 0 Å². The lowest BCUT2D eigenvalue weighted by Gasteiger charge is -2.09. The maximum atomic E-state index is 6.04. The van der Waals surface area contributed by atoms with Crippen molar-refractivity contribution >= 4 is 23.2 Å². The van der Waals surface area contributed by atoms with Crippen molar-refractivity contribution in [2.45, 2.75) is 19.8 Å². The fraction of sp³-hybridized carbons (Fsp3) is 0.200. The highest BCUT2D eigenvalue weighted by molar-refractivity contribution is 6.31.